The third-order valence-electron chi connectivity index (χ3n) is 2.86. The largest absolute Gasteiger partial charge is 0.477 e. The highest BCUT2D eigenvalue weighted by Gasteiger charge is 2.17. The molecule has 2 rings (SSSR count). The molecular weight excluding hydrogens is 256 g/mol. The average molecular weight is 269 g/mol. The highest BCUT2D eigenvalue weighted by Crippen LogP contribution is 2.21. The smallest absolute Gasteiger partial charge is 0.354 e. The molecule has 18 heavy (non-hydrogen) atoms. The monoisotopic (exact) mass is 268 g/mol. The summed E-state index contributed by atoms with van der Waals surface area (Å²) in [6, 6.07) is 0. The van der Waals surface area contributed by atoms with E-state index in [0.717, 1.165) is 11.3 Å². The number of aromatic carboxylic acids is 1. The van der Waals surface area contributed by atoms with E-state index in [1.165, 1.54) is 6.20 Å². The fourth-order valence-corrected chi connectivity index (χ4v) is 2.08. The number of halogens is 1. The first-order valence-electron chi connectivity index (χ1n) is 5.35. The molecule has 0 bridgehead atoms. The van der Waals surface area contributed by atoms with Gasteiger partial charge in [-0.15, -0.1) is 0 Å². The molecule has 0 atom stereocenters. The number of nitrogens with zero attached hydrogens (tertiary/aromatic N) is 4. The number of aryl methyl sites for hydroxylation is 3. The van der Waals surface area contributed by atoms with Crippen LogP contribution in [0.25, 0.3) is 0 Å². The normalized spacial score (nSPS) is 10.9. The zero-order chi connectivity index (χ0) is 13.4. The van der Waals surface area contributed by atoms with Crippen molar-refractivity contribution in [2.75, 3.05) is 0 Å². The molecule has 0 amide bonds. The first-order chi connectivity index (χ1) is 8.41. The molecule has 0 unspecified atom stereocenters. The summed E-state index contributed by atoms with van der Waals surface area (Å²) in [4.78, 5) is 15.1. The predicted molar refractivity (Wildman–Crippen MR) is 66.0 cm³/mol. The van der Waals surface area contributed by atoms with Crippen LogP contribution in [-0.4, -0.2) is 30.4 Å². The van der Waals surface area contributed by atoms with Crippen molar-refractivity contribution in [3.05, 3.63) is 34.1 Å². The third kappa shape index (κ3) is 1.99. The summed E-state index contributed by atoms with van der Waals surface area (Å²) in [5.74, 6) is -0.375. The maximum Gasteiger partial charge on any atom is 0.354 e. The Labute approximate surface area is 109 Å². The van der Waals surface area contributed by atoms with Crippen molar-refractivity contribution >= 4 is 17.6 Å². The van der Waals surface area contributed by atoms with Gasteiger partial charge in [0.05, 0.1) is 18.4 Å². The van der Waals surface area contributed by atoms with E-state index in [4.69, 9.17) is 16.7 Å². The summed E-state index contributed by atoms with van der Waals surface area (Å²) in [5.41, 5.74) is 1.74. The Morgan fingerprint density at radius 3 is 2.67 bits per heavy atom. The summed E-state index contributed by atoms with van der Waals surface area (Å²) in [7, 11) is 1.75. The van der Waals surface area contributed by atoms with Crippen molar-refractivity contribution in [1.29, 1.82) is 0 Å². The Kier molecular flexibility index (Phi) is 3.13. The van der Waals surface area contributed by atoms with Crippen LogP contribution < -0.4 is 0 Å². The van der Waals surface area contributed by atoms with E-state index in [-0.39, 0.29) is 5.69 Å². The van der Waals surface area contributed by atoms with Crippen LogP contribution in [0.5, 0.6) is 0 Å². The van der Waals surface area contributed by atoms with Crippen LogP contribution in [-0.2, 0) is 13.6 Å². The summed E-state index contributed by atoms with van der Waals surface area (Å²) in [6.45, 7) is 3.95. The lowest BCUT2D eigenvalue weighted by Gasteiger charge is -2.07. The van der Waals surface area contributed by atoms with E-state index in [1.807, 2.05) is 6.92 Å². The number of rotatable bonds is 3. The first-order valence-corrected chi connectivity index (χ1v) is 5.73. The molecule has 7 heteroatoms. The van der Waals surface area contributed by atoms with Gasteiger partial charge in [-0.1, -0.05) is 11.6 Å². The molecule has 2 aromatic rings. The number of hydrogen-bond donors (Lipinski definition) is 1. The van der Waals surface area contributed by atoms with Gasteiger partial charge in [0.25, 0.3) is 0 Å². The standard InChI is InChI=1S/C11H13ClN4O2/c1-6-8(10(12)15(3)14-6)5-16-7(2)13-4-9(16)11(17)18/h4H,5H2,1-3H3,(H,17,18). The first kappa shape index (κ1) is 12.6. The van der Waals surface area contributed by atoms with Crippen molar-refractivity contribution in [3.63, 3.8) is 0 Å². The number of carboxylic acids is 1. The maximum atomic E-state index is 11.1. The molecule has 2 aromatic heterocycles. The summed E-state index contributed by atoms with van der Waals surface area (Å²) >= 11 is 6.13. The Bertz CT molecular complexity index is 615. The zero-order valence-electron chi connectivity index (χ0n) is 10.3. The lowest BCUT2D eigenvalue weighted by molar-refractivity contribution is 0.0685. The van der Waals surface area contributed by atoms with Gasteiger partial charge >= 0.3 is 5.97 Å². The van der Waals surface area contributed by atoms with Gasteiger partial charge in [0.1, 0.15) is 16.7 Å². The van der Waals surface area contributed by atoms with Crippen molar-refractivity contribution < 1.29 is 9.90 Å². The highest BCUT2D eigenvalue weighted by molar-refractivity contribution is 6.30. The van der Waals surface area contributed by atoms with Crippen LogP contribution in [0, 0.1) is 13.8 Å². The van der Waals surface area contributed by atoms with Gasteiger partial charge in [-0.25, -0.2) is 9.78 Å². The van der Waals surface area contributed by atoms with Crippen LogP contribution in [0.15, 0.2) is 6.20 Å². The van der Waals surface area contributed by atoms with Crippen LogP contribution in [0.3, 0.4) is 0 Å². The van der Waals surface area contributed by atoms with E-state index in [9.17, 15) is 4.79 Å². The van der Waals surface area contributed by atoms with Crippen molar-refractivity contribution in [2.24, 2.45) is 7.05 Å². The molecule has 0 saturated heterocycles. The minimum atomic E-state index is -1.01. The van der Waals surface area contributed by atoms with E-state index < -0.39 is 5.97 Å². The predicted octanol–water partition coefficient (Wildman–Crippen LogP) is 1.63. The van der Waals surface area contributed by atoms with Gasteiger partial charge in [-0.3, -0.25) is 4.68 Å². The highest BCUT2D eigenvalue weighted by atomic mass is 35.5. The van der Waals surface area contributed by atoms with Gasteiger partial charge in [-0.2, -0.15) is 5.10 Å². The molecule has 0 saturated carbocycles. The van der Waals surface area contributed by atoms with E-state index >= 15 is 0 Å². The lowest BCUT2D eigenvalue weighted by atomic mass is 10.2. The molecular formula is C11H13ClN4O2. The van der Waals surface area contributed by atoms with Gasteiger partial charge in [-0.05, 0) is 13.8 Å². The minimum absolute atomic E-state index is 0.145. The molecule has 0 aliphatic heterocycles. The topological polar surface area (TPSA) is 72.9 Å². The van der Waals surface area contributed by atoms with Gasteiger partial charge in [0.2, 0.25) is 0 Å². The molecule has 96 valence electrons. The van der Waals surface area contributed by atoms with E-state index in [0.29, 0.717) is 17.5 Å². The SMILES string of the molecule is Cc1nn(C)c(Cl)c1Cn1c(C(=O)O)cnc1C. The number of aromatic nitrogens is 4. The summed E-state index contributed by atoms with van der Waals surface area (Å²) in [6.07, 6.45) is 1.34. The second kappa shape index (κ2) is 4.45. The van der Waals surface area contributed by atoms with Gasteiger partial charge in [0, 0.05) is 12.6 Å². The van der Waals surface area contributed by atoms with Crippen LogP contribution >= 0.6 is 11.6 Å². The fraction of sp³-hybridized carbons (Fsp3) is 0.364. The van der Waals surface area contributed by atoms with Crippen LogP contribution in [0.1, 0.15) is 27.6 Å². The molecule has 0 aliphatic rings. The molecule has 0 radical (unpaired) electrons. The molecule has 0 aliphatic carbocycles. The Hall–Kier alpha value is -1.82. The molecule has 0 spiro atoms. The third-order valence-corrected chi connectivity index (χ3v) is 3.33. The van der Waals surface area contributed by atoms with Crippen molar-refractivity contribution in [2.45, 2.75) is 20.4 Å². The Balaban J connectivity index is 2.46. The molecule has 0 fully saturated rings. The second-order valence-electron chi connectivity index (χ2n) is 4.06. The Morgan fingerprint density at radius 2 is 2.17 bits per heavy atom. The zero-order valence-corrected chi connectivity index (χ0v) is 11.1. The molecule has 0 aromatic carbocycles. The number of carbonyl (C=O) groups is 1. The molecule has 1 N–H and O–H groups in total. The number of imidazole rings is 1. The quantitative estimate of drug-likeness (QED) is 0.918. The number of carboxylic acid groups (broad SMARTS) is 1. The minimum Gasteiger partial charge on any atom is -0.477 e. The summed E-state index contributed by atoms with van der Waals surface area (Å²) in [5, 5.41) is 13.8. The number of hydrogen-bond acceptors (Lipinski definition) is 3. The van der Waals surface area contributed by atoms with Crippen LogP contribution in [0.4, 0.5) is 0 Å². The summed E-state index contributed by atoms with van der Waals surface area (Å²) < 4.78 is 3.18. The van der Waals surface area contributed by atoms with Gasteiger partial charge in [0.15, 0.2) is 0 Å². The van der Waals surface area contributed by atoms with Gasteiger partial charge < -0.3 is 9.67 Å². The second-order valence-corrected chi connectivity index (χ2v) is 4.42. The van der Waals surface area contributed by atoms with Crippen molar-refractivity contribution in [1.82, 2.24) is 19.3 Å². The molecule has 6 nitrogen and oxygen atoms in total. The fourth-order valence-electron chi connectivity index (χ4n) is 1.85. The Morgan fingerprint density at radius 1 is 1.50 bits per heavy atom. The maximum absolute atomic E-state index is 11.1. The van der Waals surface area contributed by atoms with Crippen LogP contribution in [0.2, 0.25) is 5.15 Å². The van der Waals surface area contributed by atoms with Crippen molar-refractivity contribution in [3.8, 4) is 0 Å². The average Bonchev–Trinajstić information content (AvgIpc) is 2.76. The molecule has 2 heterocycles. The lowest BCUT2D eigenvalue weighted by Crippen LogP contribution is -2.11. The van der Waals surface area contributed by atoms with E-state index in [2.05, 4.69) is 10.1 Å². The van der Waals surface area contributed by atoms with E-state index in [1.54, 1.807) is 23.2 Å².